The first kappa shape index (κ1) is 16.7. The van der Waals surface area contributed by atoms with Crippen LogP contribution < -0.4 is 10.1 Å². The van der Waals surface area contributed by atoms with Gasteiger partial charge in [-0.25, -0.2) is 4.98 Å². The van der Waals surface area contributed by atoms with E-state index in [0.717, 1.165) is 6.42 Å². The number of aliphatic hydroxyl groups is 1. The van der Waals surface area contributed by atoms with Crippen LogP contribution in [0.2, 0.25) is 5.02 Å². The number of carbonyl (C=O) groups is 1. The van der Waals surface area contributed by atoms with Crippen molar-refractivity contribution in [1.82, 2.24) is 10.3 Å². The van der Waals surface area contributed by atoms with E-state index in [1.807, 2.05) is 20.8 Å². The third-order valence-corrected chi connectivity index (χ3v) is 3.48. The number of nitrogens with zero attached hydrogens (tertiary/aromatic N) is 1. The second-order valence-electron chi connectivity index (χ2n) is 4.79. The van der Waals surface area contributed by atoms with Crippen molar-refractivity contribution in [3.63, 3.8) is 0 Å². The maximum Gasteiger partial charge on any atom is 0.253 e. The molecule has 0 aromatic carbocycles. The fourth-order valence-corrected chi connectivity index (χ4v) is 1.93. The van der Waals surface area contributed by atoms with E-state index in [1.165, 1.54) is 12.3 Å². The SMILES string of the molecule is CCOc1ncc(C(=O)NC(C)(CC)CCO)cc1Cl. The second kappa shape index (κ2) is 7.45. The van der Waals surface area contributed by atoms with E-state index >= 15 is 0 Å². The molecule has 1 amide bonds. The van der Waals surface area contributed by atoms with Gasteiger partial charge < -0.3 is 15.2 Å². The first-order chi connectivity index (χ1) is 9.45. The molecular formula is C14H21ClN2O3. The van der Waals surface area contributed by atoms with Crippen molar-refractivity contribution in [2.24, 2.45) is 0 Å². The van der Waals surface area contributed by atoms with Crippen LogP contribution in [-0.2, 0) is 0 Å². The van der Waals surface area contributed by atoms with Gasteiger partial charge in [0.05, 0.1) is 12.2 Å². The lowest BCUT2D eigenvalue weighted by Crippen LogP contribution is -2.46. The first-order valence-corrected chi connectivity index (χ1v) is 7.05. The molecule has 0 saturated carbocycles. The Bertz CT molecular complexity index is 468. The van der Waals surface area contributed by atoms with Gasteiger partial charge in [0, 0.05) is 18.3 Å². The Morgan fingerprint density at radius 2 is 2.25 bits per heavy atom. The molecule has 112 valence electrons. The molecule has 1 aromatic heterocycles. The standard InChI is InChI=1S/C14H21ClN2O3/c1-4-14(3,6-7-18)17-12(19)10-8-11(15)13(16-9-10)20-5-2/h8-9,18H,4-7H2,1-3H3,(H,17,19). The smallest absolute Gasteiger partial charge is 0.253 e. The van der Waals surface area contributed by atoms with Crippen LogP contribution in [0.5, 0.6) is 5.88 Å². The minimum atomic E-state index is -0.448. The molecule has 0 aliphatic heterocycles. The maximum atomic E-state index is 12.2. The van der Waals surface area contributed by atoms with Crippen molar-refractivity contribution >= 4 is 17.5 Å². The van der Waals surface area contributed by atoms with E-state index in [9.17, 15) is 4.79 Å². The Balaban J connectivity index is 2.84. The number of halogens is 1. The van der Waals surface area contributed by atoms with E-state index < -0.39 is 5.54 Å². The molecule has 1 aromatic rings. The highest BCUT2D eigenvalue weighted by Crippen LogP contribution is 2.23. The Morgan fingerprint density at radius 1 is 1.55 bits per heavy atom. The Hall–Kier alpha value is -1.33. The van der Waals surface area contributed by atoms with Gasteiger partial charge in [-0.3, -0.25) is 4.79 Å². The van der Waals surface area contributed by atoms with Crippen molar-refractivity contribution in [2.45, 2.75) is 39.2 Å². The third kappa shape index (κ3) is 4.35. The molecule has 0 spiro atoms. The fourth-order valence-electron chi connectivity index (χ4n) is 1.71. The molecule has 1 rings (SSSR count). The van der Waals surface area contributed by atoms with E-state index in [2.05, 4.69) is 10.3 Å². The van der Waals surface area contributed by atoms with Crippen molar-refractivity contribution in [3.8, 4) is 5.88 Å². The molecule has 6 heteroatoms. The Kier molecular flexibility index (Phi) is 6.23. The van der Waals surface area contributed by atoms with Gasteiger partial charge in [-0.1, -0.05) is 18.5 Å². The highest BCUT2D eigenvalue weighted by Gasteiger charge is 2.24. The largest absolute Gasteiger partial charge is 0.477 e. The molecule has 1 heterocycles. The van der Waals surface area contributed by atoms with Crippen LogP contribution in [0.1, 0.15) is 44.0 Å². The number of aromatic nitrogens is 1. The van der Waals surface area contributed by atoms with Crippen LogP contribution in [0.3, 0.4) is 0 Å². The monoisotopic (exact) mass is 300 g/mol. The molecule has 0 aliphatic carbocycles. The summed E-state index contributed by atoms with van der Waals surface area (Å²) in [5, 5.41) is 12.3. The summed E-state index contributed by atoms with van der Waals surface area (Å²) in [7, 11) is 0. The lowest BCUT2D eigenvalue weighted by Gasteiger charge is -2.29. The van der Waals surface area contributed by atoms with Crippen LogP contribution in [0.4, 0.5) is 0 Å². The van der Waals surface area contributed by atoms with Crippen LogP contribution in [0.25, 0.3) is 0 Å². The topological polar surface area (TPSA) is 71.5 Å². The molecule has 0 fully saturated rings. The van der Waals surface area contributed by atoms with Gasteiger partial charge in [0.15, 0.2) is 0 Å². The zero-order valence-electron chi connectivity index (χ0n) is 12.1. The third-order valence-electron chi connectivity index (χ3n) is 3.21. The minimum absolute atomic E-state index is 0.0207. The molecule has 2 N–H and O–H groups in total. The summed E-state index contributed by atoms with van der Waals surface area (Å²) >= 11 is 6.01. The molecule has 1 atom stereocenters. The molecule has 1 unspecified atom stereocenters. The normalized spacial score (nSPS) is 13.7. The van der Waals surface area contributed by atoms with Crippen molar-refractivity contribution in [3.05, 3.63) is 22.8 Å². The number of nitrogens with one attached hydrogen (secondary N) is 1. The summed E-state index contributed by atoms with van der Waals surface area (Å²) in [4.78, 5) is 16.2. The highest BCUT2D eigenvalue weighted by molar-refractivity contribution is 6.32. The molecular weight excluding hydrogens is 280 g/mol. The van der Waals surface area contributed by atoms with Gasteiger partial charge in [0.2, 0.25) is 5.88 Å². The quantitative estimate of drug-likeness (QED) is 0.811. The highest BCUT2D eigenvalue weighted by atomic mass is 35.5. The summed E-state index contributed by atoms with van der Waals surface area (Å²) in [5.41, 5.74) is -0.0762. The van der Waals surface area contributed by atoms with Gasteiger partial charge in [-0.05, 0) is 32.8 Å². The van der Waals surface area contributed by atoms with Crippen LogP contribution in [0, 0.1) is 0 Å². The molecule has 0 radical (unpaired) electrons. The molecule has 20 heavy (non-hydrogen) atoms. The van der Waals surface area contributed by atoms with Crippen LogP contribution >= 0.6 is 11.6 Å². The van der Waals surface area contributed by atoms with Crippen molar-refractivity contribution in [2.75, 3.05) is 13.2 Å². The van der Waals surface area contributed by atoms with Crippen LogP contribution in [-0.4, -0.2) is 34.8 Å². The summed E-state index contributed by atoms with van der Waals surface area (Å²) < 4.78 is 5.22. The number of hydrogen-bond acceptors (Lipinski definition) is 4. The zero-order chi connectivity index (χ0) is 15.2. The second-order valence-corrected chi connectivity index (χ2v) is 5.19. The predicted octanol–water partition coefficient (Wildman–Crippen LogP) is 2.41. The summed E-state index contributed by atoms with van der Waals surface area (Å²) in [6, 6.07) is 1.53. The lowest BCUT2D eigenvalue weighted by molar-refractivity contribution is 0.0885. The summed E-state index contributed by atoms with van der Waals surface area (Å²) in [6.07, 6.45) is 2.64. The maximum absolute atomic E-state index is 12.2. The summed E-state index contributed by atoms with van der Waals surface area (Å²) in [5.74, 6) is 0.0552. The number of amides is 1. The van der Waals surface area contributed by atoms with Gasteiger partial charge in [-0.15, -0.1) is 0 Å². The van der Waals surface area contributed by atoms with Gasteiger partial charge in [0.25, 0.3) is 5.91 Å². The lowest BCUT2D eigenvalue weighted by atomic mass is 9.94. The molecule has 5 nitrogen and oxygen atoms in total. The number of pyridine rings is 1. The van der Waals surface area contributed by atoms with Crippen LogP contribution in [0.15, 0.2) is 12.3 Å². The number of carbonyl (C=O) groups excluding carboxylic acids is 1. The number of rotatable bonds is 7. The number of aliphatic hydroxyl groups excluding tert-OH is 1. The number of hydrogen-bond donors (Lipinski definition) is 2. The Morgan fingerprint density at radius 3 is 2.75 bits per heavy atom. The first-order valence-electron chi connectivity index (χ1n) is 6.67. The molecule has 0 bridgehead atoms. The molecule has 0 saturated heterocycles. The average molecular weight is 301 g/mol. The summed E-state index contributed by atoms with van der Waals surface area (Å²) in [6.45, 7) is 6.17. The van der Waals surface area contributed by atoms with Crippen molar-refractivity contribution in [1.29, 1.82) is 0 Å². The van der Waals surface area contributed by atoms with Gasteiger partial charge in [-0.2, -0.15) is 0 Å². The van der Waals surface area contributed by atoms with Crippen molar-refractivity contribution < 1.29 is 14.6 Å². The molecule has 0 aliphatic rings. The average Bonchev–Trinajstić information content (AvgIpc) is 2.41. The van der Waals surface area contributed by atoms with Gasteiger partial charge in [0.1, 0.15) is 5.02 Å². The van der Waals surface area contributed by atoms with E-state index in [1.54, 1.807) is 0 Å². The zero-order valence-corrected chi connectivity index (χ0v) is 12.8. The fraction of sp³-hybridized carbons (Fsp3) is 0.571. The van der Waals surface area contributed by atoms with Gasteiger partial charge >= 0.3 is 0 Å². The van der Waals surface area contributed by atoms with E-state index in [-0.39, 0.29) is 12.5 Å². The predicted molar refractivity (Wildman–Crippen MR) is 78.3 cm³/mol. The van der Waals surface area contributed by atoms with E-state index in [0.29, 0.717) is 29.5 Å². The minimum Gasteiger partial charge on any atom is -0.477 e. The number of ether oxygens (including phenoxy) is 1. The van der Waals surface area contributed by atoms with E-state index in [4.69, 9.17) is 21.4 Å². The Labute approximate surface area is 124 Å².